The highest BCUT2D eigenvalue weighted by Gasteiger charge is 2.25. The molecule has 1 atom stereocenters. The third kappa shape index (κ3) is 6.01. The van der Waals surface area contributed by atoms with Gasteiger partial charge in [0.05, 0.1) is 19.8 Å². The molecular weight excluding hydrogens is 459 g/mol. The van der Waals surface area contributed by atoms with Crippen LogP contribution in [-0.2, 0) is 16.0 Å². The molecule has 8 nitrogen and oxygen atoms in total. The smallest absolute Gasteiger partial charge is 0.194 e. The summed E-state index contributed by atoms with van der Waals surface area (Å²) in [6.45, 7) is 7.44. The standard InChI is InChI=1S/C18H28N6O2.HI/c1-3-19-18(23-9-7-15(13-23)14-26-11-10-25-2)20-12-17-22-21-16-6-4-5-8-24(16)17;/h4-6,8,15H,3,7,9-14H2,1-2H3,(H,19,20);1H. The number of nitrogens with zero attached hydrogens (tertiary/aromatic N) is 5. The van der Waals surface area contributed by atoms with E-state index in [-0.39, 0.29) is 24.0 Å². The van der Waals surface area contributed by atoms with Gasteiger partial charge < -0.3 is 19.7 Å². The van der Waals surface area contributed by atoms with E-state index in [2.05, 4.69) is 27.3 Å². The lowest BCUT2D eigenvalue weighted by molar-refractivity contribution is 0.0536. The van der Waals surface area contributed by atoms with Gasteiger partial charge in [0, 0.05) is 38.9 Å². The maximum absolute atomic E-state index is 5.68. The second kappa shape index (κ2) is 11.4. The first-order valence-electron chi connectivity index (χ1n) is 9.20. The molecule has 0 bridgehead atoms. The van der Waals surface area contributed by atoms with E-state index in [1.807, 2.05) is 28.8 Å². The molecule has 0 saturated carbocycles. The fourth-order valence-electron chi connectivity index (χ4n) is 3.12. The van der Waals surface area contributed by atoms with Crippen molar-refractivity contribution in [1.29, 1.82) is 0 Å². The van der Waals surface area contributed by atoms with Crippen LogP contribution >= 0.6 is 24.0 Å². The lowest BCUT2D eigenvalue weighted by Gasteiger charge is -2.21. The Morgan fingerprint density at radius 2 is 2.22 bits per heavy atom. The molecule has 150 valence electrons. The van der Waals surface area contributed by atoms with Gasteiger partial charge in [0.2, 0.25) is 0 Å². The summed E-state index contributed by atoms with van der Waals surface area (Å²) in [6, 6.07) is 5.88. The number of hydrogen-bond acceptors (Lipinski definition) is 5. The molecule has 1 fully saturated rings. The van der Waals surface area contributed by atoms with Gasteiger partial charge in [-0.05, 0) is 25.5 Å². The van der Waals surface area contributed by atoms with Gasteiger partial charge in [0.15, 0.2) is 17.4 Å². The van der Waals surface area contributed by atoms with Crippen molar-refractivity contribution in [1.82, 2.24) is 24.8 Å². The van der Waals surface area contributed by atoms with Crippen LogP contribution in [0.1, 0.15) is 19.2 Å². The van der Waals surface area contributed by atoms with Gasteiger partial charge >= 0.3 is 0 Å². The van der Waals surface area contributed by atoms with Gasteiger partial charge in [-0.2, -0.15) is 0 Å². The minimum Gasteiger partial charge on any atom is -0.382 e. The van der Waals surface area contributed by atoms with Crippen molar-refractivity contribution >= 4 is 35.6 Å². The number of rotatable bonds is 8. The van der Waals surface area contributed by atoms with Gasteiger partial charge in [-0.15, -0.1) is 34.2 Å². The molecule has 1 saturated heterocycles. The Morgan fingerprint density at radius 1 is 1.33 bits per heavy atom. The van der Waals surface area contributed by atoms with Crippen LogP contribution < -0.4 is 5.32 Å². The summed E-state index contributed by atoms with van der Waals surface area (Å²) in [6.07, 6.45) is 3.08. The Hall–Kier alpha value is -1.46. The predicted molar refractivity (Wildman–Crippen MR) is 116 cm³/mol. The van der Waals surface area contributed by atoms with Crippen LogP contribution in [0, 0.1) is 5.92 Å². The molecule has 2 aromatic heterocycles. The van der Waals surface area contributed by atoms with Crippen molar-refractivity contribution in [2.45, 2.75) is 19.9 Å². The second-order valence-electron chi connectivity index (χ2n) is 6.38. The van der Waals surface area contributed by atoms with Crippen LogP contribution in [0.4, 0.5) is 0 Å². The average Bonchev–Trinajstić information content (AvgIpc) is 3.30. The van der Waals surface area contributed by atoms with E-state index >= 15 is 0 Å². The highest BCUT2D eigenvalue weighted by molar-refractivity contribution is 14.0. The molecule has 1 aliphatic rings. The van der Waals surface area contributed by atoms with Gasteiger partial charge in [0.1, 0.15) is 6.54 Å². The van der Waals surface area contributed by atoms with Crippen molar-refractivity contribution in [2.24, 2.45) is 10.9 Å². The molecule has 1 aliphatic heterocycles. The van der Waals surface area contributed by atoms with Crippen molar-refractivity contribution in [3.63, 3.8) is 0 Å². The summed E-state index contributed by atoms with van der Waals surface area (Å²) in [7, 11) is 1.69. The fourth-order valence-corrected chi connectivity index (χ4v) is 3.12. The number of halogens is 1. The zero-order valence-corrected chi connectivity index (χ0v) is 18.3. The maximum Gasteiger partial charge on any atom is 0.194 e. The minimum atomic E-state index is 0. The number of aromatic nitrogens is 3. The molecule has 2 aromatic rings. The zero-order valence-electron chi connectivity index (χ0n) is 16.0. The first kappa shape index (κ1) is 21.8. The maximum atomic E-state index is 5.68. The van der Waals surface area contributed by atoms with Gasteiger partial charge in [-0.1, -0.05) is 6.07 Å². The lowest BCUT2D eigenvalue weighted by atomic mass is 10.1. The number of likely N-dealkylation sites (tertiary alicyclic amines) is 1. The molecule has 9 heteroatoms. The van der Waals surface area contributed by atoms with Crippen LogP contribution in [0.3, 0.4) is 0 Å². The van der Waals surface area contributed by atoms with E-state index in [4.69, 9.17) is 14.5 Å². The second-order valence-corrected chi connectivity index (χ2v) is 6.38. The van der Waals surface area contributed by atoms with Crippen LogP contribution in [0.5, 0.6) is 0 Å². The molecular formula is C18H29IN6O2. The monoisotopic (exact) mass is 488 g/mol. The SMILES string of the molecule is CCNC(=NCc1nnc2ccccn12)N1CCC(COCCOC)C1.I. The van der Waals surface area contributed by atoms with Gasteiger partial charge in [0.25, 0.3) is 0 Å². The third-order valence-corrected chi connectivity index (χ3v) is 4.46. The zero-order chi connectivity index (χ0) is 18.2. The number of hydrogen-bond donors (Lipinski definition) is 1. The molecule has 1 unspecified atom stereocenters. The Labute approximate surface area is 177 Å². The summed E-state index contributed by atoms with van der Waals surface area (Å²) in [4.78, 5) is 7.08. The molecule has 27 heavy (non-hydrogen) atoms. The summed E-state index contributed by atoms with van der Waals surface area (Å²) in [5.74, 6) is 2.30. The first-order valence-corrected chi connectivity index (χ1v) is 9.20. The Bertz CT molecular complexity index is 723. The van der Waals surface area contributed by atoms with Crippen LogP contribution in [0.25, 0.3) is 5.65 Å². The number of guanidine groups is 1. The molecule has 1 N–H and O–H groups in total. The first-order chi connectivity index (χ1) is 12.8. The molecule has 3 heterocycles. The van der Waals surface area contributed by atoms with Gasteiger partial charge in [-0.25, -0.2) is 4.99 Å². The Balaban J connectivity index is 0.00000261. The predicted octanol–water partition coefficient (Wildman–Crippen LogP) is 1.80. The summed E-state index contributed by atoms with van der Waals surface area (Å²) in [5.41, 5.74) is 0.845. The van der Waals surface area contributed by atoms with E-state index in [1.54, 1.807) is 7.11 Å². The summed E-state index contributed by atoms with van der Waals surface area (Å²) in [5, 5.41) is 11.8. The van der Waals surface area contributed by atoms with Crippen LogP contribution in [0.15, 0.2) is 29.4 Å². The molecule has 3 rings (SSSR count). The summed E-state index contributed by atoms with van der Waals surface area (Å²) < 4.78 is 12.7. The largest absolute Gasteiger partial charge is 0.382 e. The fraction of sp³-hybridized carbons (Fsp3) is 0.611. The normalized spacial score (nSPS) is 17.3. The average molecular weight is 488 g/mol. The quantitative estimate of drug-likeness (QED) is 0.265. The number of pyridine rings is 1. The van der Waals surface area contributed by atoms with Crippen LogP contribution in [0.2, 0.25) is 0 Å². The number of aliphatic imine (C=N–C) groups is 1. The summed E-state index contributed by atoms with van der Waals surface area (Å²) >= 11 is 0. The van der Waals surface area contributed by atoms with Crippen molar-refractivity contribution in [3.05, 3.63) is 30.2 Å². The van der Waals surface area contributed by atoms with Crippen LogP contribution in [-0.4, -0.2) is 72.0 Å². The van der Waals surface area contributed by atoms with E-state index in [0.717, 1.165) is 50.1 Å². The minimum absolute atomic E-state index is 0. The molecule has 0 amide bonds. The van der Waals surface area contributed by atoms with Gasteiger partial charge in [-0.3, -0.25) is 4.40 Å². The molecule has 0 aromatic carbocycles. The third-order valence-electron chi connectivity index (χ3n) is 4.46. The van der Waals surface area contributed by atoms with E-state index in [1.165, 1.54) is 0 Å². The Morgan fingerprint density at radius 3 is 3.04 bits per heavy atom. The highest BCUT2D eigenvalue weighted by atomic mass is 127. The number of nitrogens with one attached hydrogen (secondary N) is 1. The van der Waals surface area contributed by atoms with E-state index < -0.39 is 0 Å². The number of fused-ring (bicyclic) bond motifs is 1. The highest BCUT2D eigenvalue weighted by Crippen LogP contribution is 2.17. The van der Waals surface area contributed by atoms with E-state index in [0.29, 0.717) is 25.7 Å². The molecule has 0 radical (unpaired) electrons. The topological polar surface area (TPSA) is 76.3 Å². The van der Waals surface area contributed by atoms with Crippen molar-refractivity contribution in [3.8, 4) is 0 Å². The number of ether oxygens (including phenoxy) is 2. The number of methoxy groups -OCH3 is 1. The molecule has 0 aliphatic carbocycles. The van der Waals surface area contributed by atoms with E-state index in [9.17, 15) is 0 Å². The van der Waals surface area contributed by atoms with Crippen molar-refractivity contribution < 1.29 is 9.47 Å². The lowest BCUT2D eigenvalue weighted by Crippen LogP contribution is -2.40. The Kier molecular flexibility index (Phi) is 9.22. The van der Waals surface area contributed by atoms with Crippen molar-refractivity contribution in [2.75, 3.05) is 46.6 Å². The molecule has 0 spiro atoms.